The number of hydrogen-bond acceptors (Lipinski definition) is 5. The highest BCUT2D eigenvalue weighted by Gasteiger charge is 2.26. The first-order valence-electron chi connectivity index (χ1n) is 8.59. The van der Waals surface area contributed by atoms with E-state index in [1.807, 2.05) is 45.3 Å². The minimum absolute atomic E-state index is 0.100. The Kier molecular flexibility index (Phi) is 5.08. The third kappa shape index (κ3) is 4.00. The zero-order chi connectivity index (χ0) is 17.8. The summed E-state index contributed by atoms with van der Waals surface area (Å²) >= 11 is 1.61. The van der Waals surface area contributed by atoms with Gasteiger partial charge >= 0.3 is 0 Å². The van der Waals surface area contributed by atoms with Crippen LogP contribution >= 0.6 is 11.3 Å². The third-order valence-electron chi connectivity index (χ3n) is 4.45. The van der Waals surface area contributed by atoms with Gasteiger partial charge in [0.05, 0.1) is 37.9 Å². The van der Waals surface area contributed by atoms with E-state index in [0.29, 0.717) is 32.7 Å². The lowest BCUT2D eigenvalue weighted by Gasteiger charge is -2.24. The molecule has 7 heteroatoms. The zero-order valence-corrected chi connectivity index (χ0v) is 15.1. The maximum absolute atomic E-state index is 12.8. The van der Waals surface area contributed by atoms with Crippen molar-refractivity contribution in [3.63, 3.8) is 0 Å². The molecule has 0 spiro atoms. The van der Waals surface area contributed by atoms with E-state index < -0.39 is 0 Å². The number of hydrogen-bond donors (Lipinski definition) is 0. The van der Waals surface area contributed by atoms with Crippen molar-refractivity contribution in [2.45, 2.75) is 32.2 Å². The number of rotatable bonds is 5. The van der Waals surface area contributed by atoms with Crippen molar-refractivity contribution < 1.29 is 9.53 Å². The van der Waals surface area contributed by atoms with Crippen LogP contribution < -0.4 is 0 Å². The highest BCUT2D eigenvalue weighted by molar-refractivity contribution is 7.10. The number of aromatic nitrogens is 3. The van der Waals surface area contributed by atoms with Crippen LogP contribution in [0.3, 0.4) is 0 Å². The Labute approximate surface area is 156 Å². The molecule has 0 unspecified atom stereocenters. The molecule has 4 heterocycles. The van der Waals surface area contributed by atoms with Gasteiger partial charge in [-0.3, -0.25) is 14.5 Å². The van der Waals surface area contributed by atoms with Crippen LogP contribution in [0.2, 0.25) is 0 Å². The van der Waals surface area contributed by atoms with Gasteiger partial charge in [0.25, 0.3) is 0 Å². The van der Waals surface area contributed by atoms with E-state index in [1.165, 1.54) is 0 Å². The first-order chi connectivity index (χ1) is 12.8. The summed E-state index contributed by atoms with van der Waals surface area (Å²) in [6.07, 6.45) is 5.63. The Morgan fingerprint density at radius 3 is 2.88 bits per heavy atom. The normalized spacial score (nSPS) is 16.9. The largest absolute Gasteiger partial charge is 0.370 e. The predicted octanol–water partition coefficient (Wildman–Crippen LogP) is 2.51. The van der Waals surface area contributed by atoms with Crippen LogP contribution in [0.4, 0.5) is 0 Å². The maximum atomic E-state index is 12.8. The van der Waals surface area contributed by atoms with E-state index in [-0.39, 0.29) is 12.0 Å². The Bertz CT molecular complexity index is 848. The van der Waals surface area contributed by atoms with E-state index in [9.17, 15) is 4.79 Å². The number of carbonyl (C=O) groups excluding carboxylic acids is 1. The molecule has 0 saturated heterocycles. The van der Waals surface area contributed by atoms with Gasteiger partial charge in [-0.2, -0.15) is 5.10 Å². The molecular weight excluding hydrogens is 348 g/mol. The van der Waals surface area contributed by atoms with Crippen LogP contribution in [0.5, 0.6) is 0 Å². The fourth-order valence-electron chi connectivity index (χ4n) is 3.08. The number of amides is 1. The average Bonchev–Trinajstić information content (AvgIpc) is 3.29. The van der Waals surface area contributed by atoms with Crippen molar-refractivity contribution in [3.8, 4) is 0 Å². The Hall–Kier alpha value is -2.51. The van der Waals surface area contributed by atoms with Gasteiger partial charge in [0.15, 0.2) is 0 Å². The third-order valence-corrected chi connectivity index (χ3v) is 5.33. The lowest BCUT2D eigenvalue weighted by atomic mass is 10.2. The fraction of sp³-hybridized carbons (Fsp3) is 0.316. The number of fused-ring (bicyclic) bond motifs is 1. The number of pyridine rings is 1. The van der Waals surface area contributed by atoms with E-state index in [2.05, 4.69) is 10.1 Å². The number of thiophene rings is 1. The van der Waals surface area contributed by atoms with Gasteiger partial charge in [-0.1, -0.05) is 6.07 Å². The molecule has 0 aromatic carbocycles. The standard InChI is InChI=1S/C19H20N4O2S/c24-19(10-18-2-1-9-26-18)22-11-16-5-8-21-23(16)13-17(12-22)25-14-15-3-6-20-7-4-15/h1-9,17H,10-14H2/t17-/m1/s1. The second-order valence-electron chi connectivity index (χ2n) is 6.32. The van der Waals surface area contributed by atoms with Gasteiger partial charge < -0.3 is 9.64 Å². The van der Waals surface area contributed by atoms with E-state index in [1.54, 1.807) is 29.9 Å². The zero-order valence-electron chi connectivity index (χ0n) is 14.3. The first-order valence-corrected chi connectivity index (χ1v) is 9.47. The van der Waals surface area contributed by atoms with Gasteiger partial charge in [0, 0.05) is 30.0 Å². The van der Waals surface area contributed by atoms with Crippen molar-refractivity contribution in [2.75, 3.05) is 6.54 Å². The lowest BCUT2D eigenvalue weighted by Crippen LogP contribution is -2.38. The molecule has 1 aliphatic heterocycles. The summed E-state index contributed by atoms with van der Waals surface area (Å²) in [5, 5.41) is 6.38. The Morgan fingerprint density at radius 1 is 1.19 bits per heavy atom. The van der Waals surface area contributed by atoms with Crippen LogP contribution in [-0.2, 0) is 35.6 Å². The summed E-state index contributed by atoms with van der Waals surface area (Å²) in [4.78, 5) is 19.8. The molecule has 26 heavy (non-hydrogen) atoms. The quantitative estimate of drug-likeness (QED) is 0.694. The van der Waals surface area contributed by atoms with Crippen molar-refractivity contribution in [2.24, 2.45) is 0 Å². The van der Waals surface area contributed by atoms with Crippen molar-refractivity contribution in [1.29, 1.82) is 0 Å². The maximum Gasteiger partial charge on any atom is 0.228 e. The molecular formula is C19H20N4O2S. The van der Waals surface area contributed by atoms with E-state index >= 15 is 0 Å². The van der Waals surface area contributed by atoms with Gasteiger partial charge in [0.1, 0.15) is 0 Å². The molecule has 3 aromatic rings. The molecule has 0 radical (unpaired) electrons. The molecule has 3 aromatic heterocycles. The van der Waals surface area contributed by atoms with Crippen molar-refractivity contribution in [3.05, 3.63) is 70.4 Å². The summed E-state index contributed by atoms with van der Waals surface area (Å²) in [6, 6.07) is 9.83. The van der Waals surface area contributed by atoms with Crippen LogP contribution in [0.25, 0.3) is 0 Å². The van der Waals surface area contributed by atoms with Crippen LogP contribution in [0, 0.1) is 0 Å². The molecule has 4 rings (SSSR count). The first kappa shape index (κ1) is 16.9. The second kappa shape index (κ2) is 7.80. The van der Waals surface area contributed by atoms with Gasteiger partial charge in [0.2, 0.25) is 5.91 Å². The lowest BCUT2D eigenvalue weighted by molar-refractivity contribution is -0.133. The SMILES string of the molecule is O=C(Cc1cccs1)N1Cc2ccnn2C[C@H](OCc2ccncc2)C1. The fourth-order valence-corrected chi connectivity index (χ4v) is 3.77. The molecule has 0 bridgehead atoms. The molecule has 0 fully saturated rings. The van der Waals surface area contributed by atoms with E-state index in [4.69, 9.17) is 4.74 Å². The molecule has 0 aliphatic carbocycles. The summed E-state index contributed by atoms with van der Waals surface area (Å²) < 4.78 is 8.05. The van der Waals surface area contributed by atoms with Gasteiger partial charge in [-0.15, -0.1) is 11.3 Å². The molecule has 0 saturated carbocycles. The highest BCUT2D eigenvalue weighted by Crippen LogP contribution is 2.18. The van der Waals surface area contributed by atoms with Crippen molar-refractivity contribution >= 4 is 17.2 Å². The molecule has 134 valence electrons. The minimum atomic E-state index is -0.100. The summed E-state index contributed by atoms with van der Waals surface area (Å²) in [5.74, 6) is 0.125. The Balaban J connectivity index is 1.47. The topological polar surface area (TPSA) is 60.2 Å². The van der Waals surface area contributed by atoms with Gasteiger partial charge in [-0.25, -0.2) is 0 Å². The molecule has 1 aliphatic rings. The smallest absolute Gasteiger partial charge is 0.228 e. The van der Waals surface area contributed by atoms with Crippen LogP contribution in [-0.4, -0.2) is 38.2 Å². The number of ether oxygens (including phenoxy) is 1. The summed E-state index contributed by atoms with van der Waals surface area (Å²) in [5.41, 5.74) is 2.11. The van der Waals surface area contributed by atoms with Crippen molar-refractivity contribution in [1.82, 2.24) is 19.7 Å². The minimum Gasteiger partial charge on any atom is -0.370 e. The summed E-state index contributed by atoms with van der Waals surface area (Å²) in [7, 11) is 0. The second-order valence-corrected chi connectivity index (χ2v) is 7.36. The molecule has 0 N–H and O–H groups in total. The van der Waals surface area contributed by atoms with Gasteiger partial charge in [-0.05, 0) is 35.2 Å². The number of nitrogens with zero attached hydrogens (tertiary/aromatic N) is 4. The summed E-state index contributed by atoms with van der Waals surface area (Å²) in [6.45, 7) is 2.28. The number of carbonyl (C=O) groups is 1. The molecule has 1 atom stereocenters. The monoisotopic (exact) mass is 368 g/mol. The predicted molar refractivity (Wildman–Crippen MR) is 98.5 cm³/mol. The van der Waals surface area contributed by atoms with Crippen LogP contribution in [0.15, 0.2) is 54.3 Å². The van der Waals surface area contributed by atoms with E-state index in [0.717, 1.165) is 16.1 Å². The average molecular weight is 368 g/mol. The Morgan fingerprint density at radius 2 is 2.08 bits per heavy atom. The highest BCUT2D eigenvalue weighted by atomic mass is 32.1. The molecule has 1 amide bonds. The van der Waals surface area contributed by atoms with Crippen LogP contribution in [0.1, 0.15) is 16.1 Å². The molecule has 6 nitrogen and oxygen atoms in total.